The van der Waals surface area contributed by atoms with Gasteiger partial charge < -0.3 is 4.90 Å². The summed E-state index contributed by atoms with van der Waals surface area (Å²) in [5, 5.41) is 4.98. The van der Waals surface area contributed by atoms with Gasteiger partial charge in [-0.15, -0.1) is 0 Å². The summed E-state index contributed by atoms with van der Waals surface area (Å²) in [5.74, 6) is 0. The van der Waals surface area contributed by atoms with Crippen LogP contribution < -0.4 is 4.90 Å². The Kier molecular flexibility index (Phi) is 9.97. The van der Waals surface area contributed by atoms with Gasteiger partial charge in [-0.1, -0.05) is 218 Å². The second kappa shape index (κ2) is 16.7. The Balaban J connectivity index is 0.998. The van der Waals surface area contributed by atoms with Crippen LogP contribution in [0.1, 0.15) is 0 Å². The highest BCUT2D eigenvalue weighted by Gasteiger charge is 2.18. The first-order valence-electron chi connectivity index (χ1n) is 21.7. The van der Waals surface area contributed by atoms with Crippen LogP contribution in [0.2, 0.25) is 0 Å². The minimum absolute atomic E-state index is 1.09. The van der Waals surface area contributed by atoms with E-state index in [9.17, 15) is 0 Å². The predicted octanol–water partition coefficient (Wildman–Crippen LogP) is 17.5. The lowest BCUT2D eigenvalue weighted by Gasteiger charge is -2.27. The molecule has 0 unspecified atom stereocenters. The Morgan fingerprint density at radius 1 is 0.190 bits per heavy atom. The van der Waals surface area contributed by atoms with Crippen LogP contribution in [0.25, 0.3) is 88.3 Å². The van der Waals surface area contributed by atoms with E-state index in [4.69, 9.17) is 0 Å². The van der Waals surface area contributed by atoms with E-state index in [0.717, 1.165) is 22.6 Å². The molecule has 0 spiro atoms. The maximum absolute atomic E-state index is 2.38. The fraction of sp³-hybridized carbons (Fsp3) is 0. The Hall–Kier alpha value is -8.26. The number of rotatable bonds is 9. The van der Waals surface area contributed by atoms with Gasteiger partial charge in [0.2, 0.25) is 0 Å². The summed E-state index contributed by atoms with van der Waals surface area (Å²) < 4.78 is 0. The molecule has 0 amide bonds. The molecule has 1 nitrogen and oxygen atoms in total. The van der Waals surface area contributed by atoms with E-state index in [1.165, 1.54) is 82.7 Å². The Bertz CT molecular complexity index is 3380. The highest BCUT2D eigenvalue weighted by Crippen LogP contribution is 2.43. The molecule has 0 fully saturated rings. The minimum Gasteiger partial charge on any atom is -0.310 e. The van der Waals surface area contributed by atoms with Gasteiger partial charge in [0, 0.05) is 17.1 Å². The van der Waals surface area contributed by atoms with Crippen LogP contribution in [0.15, 0.2) is 261 Å². The molecule has 0 saturated carbocycles. The van der Waals surface area contributed by atoms with E-state index in [0.29, 0.717) is 0 Å². The minimum atomic E-state index is 1.09. The number of hydrogen-bond acceptors (Lipinski definition) is 1. The van der Waals surface area contributed by atoms with Crippen molar-refractivity contribution in [1.29, 1.82) is 0 Å². The highest BCUT2D eigenvalue weighted by atomic mass is 15.1. The molecule has 0 radical (unpaired) electrons. The van der Waals surface area contributed by atoms with Crippen molar-refractivity contribution in [2.45, 2.75) is 0 Å². The zero-order valence-corrected chi connectivity index (χ0v) is 34.8. The van der Waals surface area contributed by atoms with Crippen molar-refractivity contribution in [2.75, 3.05) is 4.90 Å². The molecule has 11 aromatic rings. The molecule has 0 bridgehead atoms. The molecule has 0 saturated heterocycles. The summed E-state index contributed by atoms with van der Waals surface area (Å²) in [6, 6.07) is 94.6. The van der Waals surface area contributed by atoms with Crippen molar-refractivity contribution in [3.8, 4) is 66.8 Å². The van der Waals surface area contributed by atoms with Crippen LogP contribution in [0.5, 0.6) is 0 Å². The predicted molar refractivity (Wildman–Crippen MR) is 269 cm³/mol. The molecular weight excluding hydrogens is 759 g/mol. The second-order valence-electron chi connectivity index (χ2n) is 16.1. The molecule has 0 aliphatic carbocycles. The Morgan fingerprint density at radius 3 is 1.22 bits per heavy atom. The van der Waals surface area contributed by atoms with Gasteiger partial charge in [0.05, 0.1) is 0 Å². The van der Waals surface area contributed by atoms with Crippen LogP contribution >= 0.6 is 0 Å². The summed E-state index contributed by atoms with van der Waals surface area (Å²) in [7, 11) is 0. The molecule has 11 aromatic carbocycles. The molecule has 0 aromatic heterocycles. The lowest BCUT2D eigenvalue weighted by molar-refractivity contribution is 1.28. The van der Waals surface area contributed by atoms with E-state index in [2.05, 4.69) is 266 Å². The van der Waals surface area contributed by atoms with Gasteiger partial charge in [-0.25, -0.2) is 0 Å². The Morgan fingerprint density at radius 2 is 0.587 bits per heavy atom. The summed E-state index contributed by atoms with van der Waals surface area (Å²) in [6.07, 6.45) is 0. The van der Waals surface area contributed by atoms with Gasteiger partial charge in [-0.2, -0.15) is 0 Å². The van der Waals surface area contributed by atoms with Crippen molar-refractivity contribution in [1.82, 2.24) is 0 Å². The number of anilines is 3. The fourth-order valence-electron chi connectivity index (χ4n) is 9.21. The van der Waals surface area contributed by atoms with Crippen LogP contribution in [0, 0.1) is 0 Å². The van der Waals surface area contributed by atoms with Gasteiger partial charge in [-0.05, 0) is 131 Å². The molecule has 0 N–H and O–H groups in total. The maximum Gasteiger partial charge on any atom is 0.0467 e. The summed E-state index contributed by atoms with van der Waals surface area (Å²) in [5.41, 5.74) is 17.7. The highest BCUT2D eigenvalue weighted by molar-refractivity contribution is 5.98. The second-order valence-corrected chi connectivity index (χ2v) is 16.1. The van der Waals surface area contributed by atoms with Gasteiger partial charge in [0.1, 0.15) is 0 Å². The van der Waals surface area contributed by atoms with Crippen molar-refractivity contribution >= 4 is 38.6 Å². The number of benzene rings is 11. The molecule has 1 heteroatoms. The van der Waals surface area contributed by atoms with Crippen molar-refractivity contribution < 1.29 is 0 Å². The molecule has 0 aliphatic heterocycles. The van der Waals surface area contributed by atoms with Crippen LogP contribution in [0.3, 0.4) is 0 Å². The maximum atomic E-state index is 2.38. The third-order valence-corrected chi connectivity index (χ3v) is 12.3. The smallest absolute Gasteiger partial charge is 0.0467 e. The molecule has 0 aliphatic rings. The molecular formula is C62H43N. The largest absolute Gasteiger partial charge is 0.310 e. The lowest BCUT2D eigenvalue weighted by Crippen LogP contribution is -2.10. The molecule has 296 valence electrons. The van der Waals surface area contributed by atoms with Crippen molar-refractivity contribution in [3.63, 3.8) is 0 Å². The average Bonchev–Trinajstić information content (AvgIpc) is 3.37. The normalized spacial score (nSPS) is 11.2. The summed E-state index contributed by atoms with van der Waals surface area (Å²) in [6.45, 7) is 0. The van der Waals surface area contributed by atoms with Crippen LogP contribution in [-0.2, 0) is 0 Å². The zero-order valence-electron chi connectivity index (χ0n) is 34.8. The van der Waals surface area contributed by atoms with E-state index in [1.807, 2.05) is 0 Å². The first-order chi connectivity index (χ1) is 31.2. The number of nitrogens with zero attached hydrogens (tertiary/aromatic N) is 1. The first-order valence-corrected chi connectivity index (χ1v) is 21.7. The third kappa shape index (κ3) is 7.37. The quantitative estimate of drug-likeness (QED) is 0.141. The van der Waals surface area contributed by atoms with E-state index in [-0.39, 0.29) is 0 Å². The number of fused-ring (bicyclic) bond motifs is 2. The molecule has 63 heavy (non-hydrogen) atoms. The first kappa shape index (κ1) is 37.7. The van der Waals surface area contributed by atoms with E-state index >= 15 is 0 Å². The molecule has 11 rings (SSSR count). The summed E-state index contributed by atoms with van der Waals surface area (Å²) in [4.78, 5) is 2.38. The standard InChI is InChI=1S/C62H43N/c1-2-17-45(18-3-1)57-25-8-10-27-59(57)61-29-12-13-30-62(61)60-28-11-9-26-58(60)48-36-40-53(41-37-48)63(52-38-34-47(35-39-52)56-31-15-21-46-19-6-7-24-55(46)56)54-23-14-22-50(43-54)51-33-32-44-16-4-5-20-49(44)42-51/h1-43H. The summed E-state index contributed by atoms with van der Waals surface area (Å²) >= 11 is 0. The Labute approximate surface area is 369 Å². The number of hydrogen-bond donors (Lipinski definition) is 0. The van der Waals surface area contributed by atoms with Gasteiger partial charge in [-0.3, -0.25) is 0 Å². The topological polar surface area (TPSA) is 3.24 Å². The monoisotopic (exact) mass is 801 g/mol. The molecule has 0 atom stereocenters. The average molecular weight is 802 g/mol. The van der Waals surface area contributed by atoms with Crippen molar-refractivity contribution in [3.05, 3.63) is 261 Å². The SMILES string of the molecule is c1ccc(-c2ccccc2-c2ccccc2-c2ccccc2-c2ccc(N(c3ccc(-c4cccc5ccccc45)cc3)c3cccc(-c4ccc5ccccc5c4)c3)cc2)cc1. The molecule has 0 heterocycles. The van der Waals surface area contributed by atoms with Gasteiger partial charge >= 0.3 is 0 Å². The lowest BCUT2D eigenvalue weighted by atomic mass is 9.87. The van der Waals surface area contributed by atoms with Crippen LogP contribution in [-0.4, -0.2) is 0 Å². The van der Waals surface area contributed by atoms with Crippen molar-refractivity contribution in [2.24, 2.45) is 0 Å². The van der Waals surface area contributed by atoms with Gasteiger partial charge in [0.15, 0.2) is 0 Å². The van der Waals surface area contributed by atoms with Crippen LogP contribution in [0.4, 0.5) is 17.1 Å². The van der Waals surface area contributed by atoms with Gasteiger partial charge in [0.25, 0.3) is 0 Å². The van der Waals surface area contributed by atoms with E-state index in [1.54, 1.807) is 0 Å². The zero-order chi connectivity index (χ0) is 42.0. The fourth-order valence-corrected chi connectivity index (χ4v) is 9.21. The third-order valence-electron chi connectivity index (χ3n) is 12.3. The van der Waals surface area contributed by atoms with E-state index < -0.39 is 0 Å².